The average Bonchev–Trinajstić information content (AvgIpc) is 3.68. The molecule has 1 aliphatic carbocycles. The van der Waals surface area contributed by atoms with Gasteiger partial charge in [-0.15, -0.1) is 5.10 Å². The summed E-state index contributed by atoms with van der Waals surface area (Å²) in [6, 6.07) is 9.66. The topological polar surface area (TPSA) is 141 Å². The second-order valence-electron chi connectivity index (χ2n) is 8.96. The smallest absolute Gasteiger partial charge is 0.325 e. The Kier molecular flexibility index (Phi) is 8.27. The maximum atomic E-state index is 13.3. The molecule has 2 aliphatic rings. The van der Waals surface area contributed by atoms with Gasteiger partial charge in [-0.05, 0) is 55.5 Å². The second-order valence-corrected chi connectivity index (χ2v) is 10.1. The number of aryl methyl sites for hydroxylation is 1. The molecule has 0 bridgehead atoms. The molecule has 0 spiro atoms. The number of esters is 1. The van der Waals surface area contributed by atoms with Crippen LogP contribution in [0.1, 0.15) is 41.6 Å². The molecule has 0 unspecified atom stereocenters. The fourth-order valence-electron chi connectivity index (χ4n) is 4.67. The molecule has 1 aliphatic heterocycles. The maximum absolute atomic E-state index is 13.3. The molecule has 1 aromatic carbocycles. The van der Waals surface area contributed by atoms with Crippen molar-refractivity contribution in [1.29, 1.82) is 0 Å². The van der Waals surface area contributed by atoms with Crippen LogP contribution in [0.5, 0.6) is 0 Å². The van der Waals surface area contributed by atoms with Crippen LogP contribution in [-0.2, 0) is 22.5 Å². The molecule has 2 N–H and O–H groups in total. The SMILES string of the molecule is CCCCc1nc(Cl)c(C(=O)NCC(=O)OC)n1Cc1c2ccocc-2c(Br)c1-c1ccccc1-c1nnn[nH]1. The first-order chi connectivity index (χ1) is 19.4. The van der Waals surface area contributed by atoms with Crippen molar-refractivity contribution in [1.82, 2.24) is 35.5 Å². The highest BCUT2D eigenvalue weighted by Gasteiger charge is 2.29. The summed E-state index contributed by atoms with van der Waals surface area (Å²) < 4.78 is 12.8. The van der Waals surface area contributed by atoms with Gasteiger partial charge in [0.1, 0.15) is 18.1 Å². The number of unbranched alkanes of at least 4 members (excludes halogenated alkanes) is 1. The van der Waals surface area contributed by atoms with Crippen molar-refractivity contribution in [2.24, 2.45) is 0 Å². The Balaban J connectivity index is 1.69. The number of fused-ring (bicyclic) bond motifs is 1. The third-order valence-electron chi connectivity index (χ3n) is 6.58. The fraction of sp³-hybridized carbons (Fsp3) is 0.259. The van der Waals surface area contributed by atoms with Crippen molar-refractivity contribution < 1.29 is 18.7 Å². The van der Waals surface area contributed by atoms with Gasteiger partial charge in [0.05, 0.1) is 26.2 Å². The molecule has 40 heavy (non-hydrogen) atoms. The van der Waals surface area contributed by atoms with Crippen molar-refractivity contribution in [3.05, 3.63) is 69.6 Å². The molecule has 0 atom stereocenters. The van der Waals surface area contributed by atoms with E-state index in [1.54, 1.807) is 12.5 Å². The van der Waals surface area contributed by atoms with E-state index in [1.807, 2.05) is 34.9 Å². The number of benzene rings is 1. The summed E-state index contributed by atoms with van der Waals surface area (Å²) in [7, 11) is 1.26. The van der Waals surface area contributed by atoms with E-state index in [1.165, 1.54) is 7.11 Å². The van der Waals surface area contributed by atoms with Crippen LogP contribution in [0.3, 0.4) is 0 Å². The molecule has 206 valence electrons. The van der Waals surface area contributed by atoms with Crippen LogP contribution in [0.25, 0.3) is 33.6 Å². The fourth-order valence-corrected chi connectivity index (χ4v) is 5.72. The van der Waals surface area contributed by atoms with Gasteiger partial charge in [0.25, 0.3) is 5.91 Å². The molecule has 0 saturated heterocycles. The van der Waals surface area contributed by atoms with Crippen LogP contribution in [0.2, 0.25) is 5.15 Å². The Morgan fingerprint density at radius 3 is 2.70 bits per heavy atom. The number of halogens is 2. The first-order valence-corrected chi connectivity index (χ1v) is 13.7. The number of aromatic nitrogens is 6. The van der Waals surface area contributed by atoms with Crippen LogP contribution in [0, 0.1) is 0 Å². The monoisotopic (exact) mass is 625 g/mol. The molecular formula is C27H25BrClN7O4. The van der Waals surface area contributed by atoms with Gasteiger partial charge in [-0.1, -0.05) is 49.2 Å². The maximum Gasteiger partial charge on any atom is 0.325 e. The Bertz CT molecular complexity index is 1630. The van der Waals surface area contributed by atoms with E-state index in [2.05, 4.69) is 58.5 Å². The quantitative estimate of drug-likeness (QED) is 0.203. The van der Waals surface area contributed by atoms with Crippen molar-refractivity contribution in [3.63, 3.8) is 0 Å². The molecule has 13 heteroatoms. The third-order valence-corrected chi connectivity index (χ3v) is 7.67. The molecule has 0 radical (unpaired) electrons. The number of imidazole rings is 1. The number of rotatable bonds is 10. The standard InChI is InChI=1S/C27H25BrClN7O4/c1-3-4-9-20-31-25(29)24(27(38)30-12-21(37)39-2)36(20)13-18-15-10-11-40-14-19(15)23(28)22(18)16-7-5-6-8-17(16)26-32-34-35-33-26/h5-8,10-11,14H,3-4,9,12-13H2,1-2H3,(H,30,38)(H,32,33,34,35). The van der Waals surface area contributed by atoms with Crippen molar-refractivity contribution in [3.8, 4) is 33.6 Å². The average molecular weight is 627 g/mol. The summed E-state index contributed by atoms with van der Waals surface area (Å²) in [5.41, 5.74) is 5.41. The highest BCUT2D eigenvalue weighted by Crippen LogP contribution is 2.48. The van der Waals surface area contributed by atoms with Crippen molar-refractivity contribution in [2.75, 3.05) is 13.7 Å². The Hall–Kier alpha value is -4.03. The zero-order valence-electron chi connectivity index (χ0n) is 21.7. The number of carbonyl (C=O) groups is 2. The summed E-state index contributed by atoms with van der Waals surface area (Å²) >= 11 is 10.4. The van der Waals surface area contributed by atoms with E-state index in [0.717, 1.165) is 50.7 Å². The first-order valence-electron chi connectivity index (χ1n) is 12.5. The number of methoxy groups -OCH3 is 1. The minimum Gasteiger partial charge on any atom is -0.472 e. The zero-order chi connectivity index (χ0) is 28.2. The summed E-state index contributed by atoms with van der Waals surface area (Å²) in [5.74, 6) is 0.0860. The Labute approximate surface area is 242 Å². The third kappa shape index (κ3) is 5.24. The summed E-state index contributed by atoms with van der Waals surface area (Å²) in [5, 5.41) is 17.1. The van der Waals surface area contributed by atoms with Crippen LogP contribution < -0.4 is 5.32 Å². The largest absolute Gasteiger partial charge is 0.472 e. The molecular weight excluding hydrogens is 602 g/mol. The van der Waals surface area contributed by atoms with Gasteiger partial charge in [0.2, 0.25) is 0 Å². The molecule has 5 rings (SSSR count). The predicted octanol–water partition coefficient (Wildman–Crippen LogP) is 5.14. The van der Waals surface area contributed by atoms with Gasteiger partial charge in [0, 0.05) is 27.6 Å². The minimum atomic E-state index is -0.572. The van der Waals surface area contributed by atoms with E-state index in [-0.39, 0.29) is 23.9 Å². The number of hydrogen-bond acceptors (Lipinski definition) is 8. The van der Waals surface area contributed by atoms with Gasteiger partial charge in [-0.3, -0.25) is 9.59 Å². The predicted molar refractivity (Wildman–Crippen MR) is 151 cm³/mol. The lowest BCUT2D eigenvalue weighted by molar-refractivity contribution is -0.139. The van der Waals surface area contributed by atoms with Crippen LogP contribution >= 0.6 is 27.5 Å². The molecule has 3 heterocycles. The lowest BCUT2D eigenvalue weighted by Gasteiger charge is -2.15. The van der Waals surface area contributed by atoms with E-state index < -0.39 is 11.9 Å². The van der Waals surface area contributed by atoms with Crippen molar-refractivity contribution >= 4 is 39.4 Å². The number of ether oxygens (including phenoxy) is 1. The van der Waals surface area contributed by atoms with Gasteiger partial charge >= 0.3 is 5.97 Å². The number of nitrogens with zero attached hydrogens (tertiary/aromatic N) is 5. The number of hydrogen-bond donors (Lipinski definition) is 2. The molecule has 2 aromatic heterocycles. The molecule has 3 aromatic rings. The summed E-state index contributed by atoms with van der Waals surface area (Å²) in [6.45, 7) is 2.05. The van der Waals surface area contributed by atoms with E-state index in [4.69, 9.17) is 16.0 Å². The van der Waals surface area contributed by atoms with Gasteiger partial charge in [-0.25, -0.2) is 10.1 Å². The number of carbonyl (C=O) groups excluding carboxylic acids is 2. The number of H-pyrrole nitrogens is 1. The molecule has 1 amide bonds. The van der Waals surface area contributed by atoms with Crippen LogP contribution in [0.15, 0.2) is 51.7 Å². The second kappa shape index (κ2) is 12.0. The van der Waals surface area contributed by atoms with Gasteiger partial charge in [-0.2, -0.15) is 0 Å². The molecule has 0 fully saturated rings. The molecule has 11 nitrogen and oxygen atoms in total. The molecule has 0 saturated carbocycles. The first kappa shape index (κ1) is 27.5. The summed E-state index contributed by atoms with van der Waals surface area (Å²) in [4.78, 5) is 29.6. The number of aromatic amines is 1. The number of amides is 1. The highest BCUT2D eigenvalue weighted by atomic mass is 79.9. The summed E-state index contributed by atoms with van der Waals surface area (Å²) in [6.07, 6.45) is 5.69. The van der Waals surface area contributed by atoms with Crippen molar-refractivity contribution in [2.45, 2.75) is 32.7 Å². The lowest BCUT2D eigenvalue weighted by Crippen LogP contribution is -2.32. The number of nitrogens with one attached hydrogen (secondary N) is 2. The number of tetrazole rings is 1. The lowest BCUT2D eigenvalue weighted by atomic mass is 9.97. The highest BCUT2D eigenvalue weighted by molar-refractivity contribution is 9.10. The van der Waals surface area contributed by atoms with E-state index >= 15 is 0 Å². The minimum absolute atomic E-state index is 0.0630. The van der Waals surface area contributed by atoms with Gasteiger partial charge < -0.3 is 19.0 Å². The van der Waals surface area contributed by atoms with E-state index in [9.17, 15) is 9.59 Å². The van der Waals surface area contributed by atoms with E-state index in [0.29, 0.717) is 18.1 Å². The Morgan fingerprint density at radius 1 is 1.18 bits per heavy atom. The van der Waals surface area contributed by atoms with Crippen LogP contribution in [0.4, 0.5) is 0 Å². The zero-order valence-corrected chi connectivity index (χ0v) is 24.0. The normalized spacial score (nSPS) is 11.2. The van der Waals surface area contributed by atoms with Gasteiger partial charge in [0.15, 0.2) is 11.0 Å². The Morgan fingerprint density at radius 2 is 1.98 bits per heavy atom. The van der Waals surface area contributed by atoms with Crippen LogP contribution in [-0.4, -0.2) is 55.7 Å².